The maximum Gasteiger partial charge on any atom is 0.251 e. The van der Waals surface area contributed by atoms with Crippen LogP contribution in [0.15, 0.2) is 48.5 Å². The van der Waals surface area contributed by atoms with E-state index in [0.717, 1.165) is 18.5 Å². The molecule has 1 N–H and O–H groups in total. The second-order valence-corrected chi connectivity index (χ2v) is 5.86. The molecule has 0 aliphatic heterocycles. The Hall–Kier alpha value is -2.13. The largest absolute Gasteiger partial charge is 0.352 e. The Balaban J connectivity index is 1.93. The second-order valence-electron chi connectivity index (χ2n) is 5.86. The number of amides is 1. The first-order chi connectivity index (χ1) is 10.6. The van der Waals surface area contributed by atoms with E-state index in [1.165, 1.54) is 11.1 Å². The van der Waals surface area contributed by atoms with Gasteiger partial charge in [0.15, 0.2) is 0 Å². The fourth-order valence-electron chi connectivity index (χ4n) is 2.26. The zero-order valence-electron chi connectivity index (χ0n) is 13.6. The van der Waals surface area contributed by atoms with Crippen LogP contribution >= 0.6 is 0 Å². The Bertz CT molecular complexity index is 600. The van der Waals surface area contributed by atoms with Gasteiger partial charge in [0.25, 0.3) is 5.91 Å². The molecule has 0 radical (unpaired) electrons. The van der Waals surface area contributed by atoms with Crippen molar-refractivity contribution in [1.29, 1.82) is 0 Å². The SMILES string of the molecule is Cc1ccc(-c2ccc(C(=O)NCCCN(C)C)cc2)cc1. The molecular weight excluding hydrogens is 272 g/mol. The van der Waals surface area contributed by atoms with Crippen molar-refractivity contribution in [3.05, 3.63) is 59.7 Å². The van der Waals surface area contributed by atoms with Crippen molar-refractivity contribution in [2.75, 3.05) is 27.2 Å². The maximum absolute atomic E-state index is 12.1. The fourth-order valence-corrected chi connectivity index (χ4v) is 2.26. The topological polar surface area (TPSA) is 32.3 Å². The number of hydrogen-bond acceptors (Lipinski definition) is 2. The summed E-state index contributed by atoms with van der Waals surface area (Å²) in [5.41, 5.74) is 4.26. The van der Waals surface area contributed by atoms with Crippen molar-refractivity contribution in [3.8, 4) is 11.1 Å². The van der Waals surface area contributed by atoms with Gasteiger partial charge in [-0.15, -0.1) is 0 Å². The van der Waals surface area contributed by atoms with Crippen LogP contribution in [0.4, 0.5) is 0 Å². The van der Waals surface area contributed by atoms with Gasteiger partial charge >= 0.3 is 0 Å². The first kappa shape index (κ1) is 16.2. The van der Waals surface area contributed by atoms with E-state index in [1.807, 2.05) is 38.4 Å². The fraction of sp³-hybridized carbons (Fsp3) is 0.316. The van der Waals surface area contributed by atoms with Gasteiger partial charge in [0.05, 0.1) is 0 Å². The van der Waals surface area contributed by atoms with Gasteiger partial charge < -0.3 is 10.2 Å². The summed E-state index contributed by atoms with van der Waals surface area (Å²) in [6.07, 6.45) is 0.959. The van der Waals surface area contributed by atoms with Crippen LogP contribution in [0.3, 0.4) is 0 Å². The van der Waals surface area contributed by atoms with Crippen LogP contribution in [0.2, 0.25) is 0 Å². The van der Waals surface area contributed by atoms with Gasteiger partial charge in [-0.05, 0) is 57.2 Å². The number of nitrogens with zero attached hydrogens (tertiary/aromatic N) is 1. The van der Waals surface area contributed by atoms with Crippen LogP contribution in [0.5, 0.6) is 0 Å². The summed E-state index contributed by atoms with van der Waals surface area (Å²) in [6.45, 7) is 3.76. The Morgan fingerprint density at radius 1 is 0.955 bits per heavy atom. The zero-order chi connectivity index (χ0) is 15.9. The highest BCUT2D eigenvalue weighted by atomic mass is 16.1. The molecule has 0 unspecified atom stereocenters. The predicted octanol–water partition coefficient (Wildman–Crippen LogP) is 3.34. The molecule has 0 aromatic heterocycles. The van der Waals surface area contributed by atoms with E-state index in [1.54, 1.807) is 0 Å². The highest BCUT2D eigenvalue weighted by molar-refractivity contribution is 5.94. The number of rotatable bonds is 6. The Morgan fingerprint density at radius 2 is 1.50 bits per heavy atom. The standard InChI is InChI=1S/C19H24N2O/c1-15-5-7-16(8-6-15)17-9-11-18(12-10-17)19(22)20-13-4-14-21(2)3/h5-12H,4,13-14H2,1-3H3,(H,20,22). The molecule has 116 valence electrons. The van der Waals surface area contributed by atoms with E-state index in [-0.39, 0.29) is 5.91 Å². The molecule has 0 bridgehead atoms. The van der Waals surface area contributed by atoms with E-state index in [4.69, 9.17) is 0 Å². The second kappa shape index (κ2) is 7.76. The van der Waals surface area contributed by atoms with Gasteiger partial charge in [0, 0.05) is 12.1 Å². The van der Waals surface area contributed by atoms with Crippen LogP contribution in [-0.2, 0) is 0 Å². The number of nitrogens with one attached hydrogen (secondary N) is 1. The summed E-state index contributed by atoms with van der Waals surface area (Å²) in [5, 5.41) is 2.96. The lowest BCUT2D eigenvalue weighted by Gasteiger charge is -2.10. The van der Waals surface area contributed by atoms with Crippen molar-refractivity contribution < 1.29 is 4.79 Å². The van der Waals surface area contributed by atoms with Crippen LogP contribution in [0.25, 0.3) is 11.1 Å². The Kier molecular flexibility index (Phi) is 5.73. The molecule has 0 aliphatic rings. The lowest BCUT2D eigenvalue weighted by Crippen LogP contribution is -2.27. The molecule has 2 rings (SSSR count). The summed E-state index contributed by atoms with van der Waals surface area (Å²) in [4.78, 5) is 14.2. The predicted molar refractivity (Wildman–Crippen MR) is 92.1 cm³/mol. The Morgan fingerprint density at radius 3 is 2.05 bits per heavy atom. The van der Waals surface area contributed by atoms with E-state index < -0.39 is 0 Å². The normalized spacial score (nSPS) is 10.7. The molecule has 2 aromatic rings. The van der Waals surface area contributed by atoms with Crippen LogP contribution in [0.1, 0.15) is 22.3 Å². The molecule has 0 saturated carbocycles. The summed E-state index contributed by atoms with van der Waals surface area (Å²) in [7, 11) is 4.07. The highest BCUT2D eigenvalue weighted by Crippen LogP contribution is 2.20. The molecule has 1 amide bonds. The number of carbonyl (C=O) groups excluding carboxylic acids is 1. The minimum Gasteiger partial charge on any atom is -0.352 e. The van der Waals surface area contributed by atoms with Crippen molar-refractivity contribution in [2.45, 2.75) is 13.3 Å². The third-order valence-electron chi connectivity index (χ3n) is 3.60. The molecule has 0 atom stereocenters. The molecule has 0 saturated heterocycles. The monoisotopic (exact) mass is 296 g/mol. The molecular formula is C19H24N2O. The minimum absolute atomic E-state index is 0.00536. The zero-order valence-corrected chi connectivity index (χ0v) is 13.6. The van der Waals surface area contributed by atoms with E-state index in [2.05, 4.69) is 41.4 Å². The van der Waals surface area contributed by atoms with Gasteiger partial charge in [0.1, 0.15) is 0 Å². The number of aryl methyl sites for hydroxylation is 1. The van der Waals surface area contributed by atoms with E-state index in [0.29, 0.717) is 12.1 Å². The third kappa shape index (κ3) is 4.71. The molecule has 22 heavy (non-hydrogen) atoms. The van der Waals surface area contributed by atoms with Gasteiger partial charge in [-0.25, -0.2) is 0 Å². The average molecular weight is 296 g/mol. The van der Waals surface area contributed by atoms with Crippen molar-refractivity contribution in [1.82, 2.24) is 10.2 Å². The quantitative estimate of drug-likeness (QED) is 0.829. The van der Waals surface area contributed by atoms with Crippen molar-refractivity contribution >= 4 is 5.91 Å². The first-order valence-electron chi connectivity index (χ1n) is 7.66. The highest BCUT2D eigenvalue weighted by Gasteiger charge is 2.05. The summed E-state index contributed by atoms with van der Waals surface area (Å²) < 4.78 is 0. The average Bonchev–Trinajstić information content (AvgIpc) is 2.52. The van der Waals surface area contributed by atoms with Crippen LogP contribution in [-0.4, -0.2) is 38.0 Å². The molecule has 3 nitrogen and oxygen atoms in total. The third-order valence-corrected chi connectivity index (χ3v) is 3.60. The smallest absolute Gasteiger partial charge is 0.251 e. The first-order valence-corrected chi connectivity index (χ1v) is 7.66. The lowest BCUT2D eigenvalue weighted by molar-refractivity contribution is 0.0952. The van der Waals surface area contributed by atoms with E-state index in [9.17, 15) is 4.79 Å². The number of benzene rings is 2. The van der Waals surface area contributed by atoms with Gasteiger partial charge in [0.2, 0.25) is 0 Å². The molecule has 0 aliphatic carbocycles. The maximum atomic E-state index is 12.1. The lowest BCUT2D eigenvalue weighted by atomic mass is 10.0. The van der Waals surface area contributed by atoms with Gasteiger partial charge in [-0.2, -0.15) is 0 Å². The summed E-state index contributed by atoms with van der Waals surface area (Å²) >= 11 is 0. The molecule has 0 fully saturated rings. The number of carbonyl (C=O) groups is 1. The van der Waals surface area contributed by atoms with Crippen LogP contribution in [0, 0.1) is 6.92 Å². The summed E-state index contributed by atoms with van der Waals surface area (Å²) in [5.74, 6) is -0.00536. The minimum atomic E-state index is -0.00536. The van der Waals surface area contributed by atoms with E-state index >= 15 is 0 Å². The van der Waals surface area contributed by atoms with Crippen molar-refractivity contribution in [2.24, 2.45) is 0 Å². The van der Waals surface area contributed by atoms with Gasteiger partial charge in [-0.3, -0.25) is 4.79 Å². The van der Waals surface area contributed by atoms with Crippen LogP contribution < -0.4 is 5.32 Å². The number of hydrogen-bond donors (Lipinski definition) is 1. The molecule has 0 spiro atoms. The molecule has 3 heteroatoms. The van der Waals surface area contributed by atoms with Gasteiger partial charge in [-0.1, -0.05) is 42.0 Å². The van der Waals surface area contributed by atoms with Crippen molar-refractivity contribution in [3.63, 3.8) is 0 Å². The Labute approximate surface area is 133 Å². The summed E-state index contributed by atoms with van der Waals surface area (Å²) in [6, 6.07) is 16.2. The molecule has 2 aromatic carbocycles. The molecule has 0 heterocycles.